The zero-order chi connectivity index (χ0) is 12.7. The summed E-state index contributed by atoms with van der Waals surface area (Å²) in [5, 5.41) is 3.08. The van der Waals surface area contributed by atoms with Gasteiger partial charge in [0.25, 0.3) is 0 Å². The number of rotatable bonds is 7. The summed E-state index contributed by atoms with van der Waals surface area (Å²) in [7, 11) is 3.24. The van der Waals surface area contributed by atoms with E-state index in [4.69, 9.17) is 27.4 Å². The molecular formula is C10H16N4O2S. The van der Waals surface area contributed by atoms with Crippen LogP contribution in [0.5, 0.6) is 0 Å². The molecule has 17 heavy (non-hydrogen) atoms. The predicted molar refractivity (Wildman–Crippen MR) is 69.1 cm³/mol. The van der Waals surface area contributed by atoms with Gasteiger partial charge in [-0.1, -0.05) is 12.2 Å². The van der Waals surface area contributed by atoms with Crippen LogP contribution in [0, 0.1) is 0 Å². The van der Waals surface area contributed by atoms with Gasteiger partial charge in [-0.05, 0) is 0 Å². The summed E-state index contributed by atoms with van der Waals surface area (Å²) in [6, 6.07) is 0. The van der Waals surface area contributed by atoms with Gasteiger partial charge in [0.15, 0.2) is 5.82 Å². The Balaban J connectivity index is 2.65. The Morgan fingerprint density at radius 2 is 2.18 bits per heavy atom. The molecule has 0 aliphatic heterocycles. The van der Waals surface area contributed by atoms with Gasteiger partial charge in [-0.15, -0.1) is 0 Å². The zero-order valence-corrected chi connectivity index (χ0v) is 10.7. The van der Waals surface area contributed by atoms with Crippen molar-refractivity contribution < 1.29 is 9.47 Å². The molecule has 1 unspecified atom stereocenters. The van der Waals surface area contributed by atoms with Gasteiger partial charge in [0.05, 0.1) is 12.7 Å². The number of thiocarbonyl (C=S) groups is 1. The van der Waals surface area contributed by atoms with Crippen molar-refractivity contribution in [1.29, 1.82) is 0 Å². The SMILES string of the molecule is COCC(CNc1nccnc1C(N)=S)OC. The number of nitrogens with one attached hydrogen (secondary N) is 1. The fourth-order valence-corrected chi connectivity index (χ4v) is 1.40. The van der Waals surface area contributed by atoms with Crippen LogP contribution in [-0.2, 0) is 9.47 Å². The minimum atomic E-state index is -0.0683. The summed E-state index contributed by atoms with van der Waals surface area (Å²) in [4.78, 5) is 8.40. The minimum Gasteiger partial charge on any atom is -0.388 e. The van der Waals surface area contributed by atoms with E-state index in [1.165, 1.54) is 0 Å². The van der Waals surface area contributed by atoms with Gasteiger partial charge in [0.1, 0.15) is 10.7 Å². The van der Waals surface area contributed by atoms with E-state index < -0.39 is 0 Å². The van der Waals surface area contributed by atoms with Crippen LogP contribution in [0.25, 0.3) is 0 Å². The van der Waals surface area contributed by atoms with Crippen LogP contribution in [0.3, 0.4) is 0 Å². The summed E-state index contributed by atoms with van der Waals surface area (Å²) in [6.07, 6.45) is 3.05. The Hall–Kier alpha value is -1.31. The molecule has 0 aliphatic carbocycles. The lowest BCUT2D eigenvalue weighted by Gasteiger charge is -2.16. The quantitative estimate of drug-likeness (QED) is 0.673. The summed E-state index contributed by atoms with van der Waals surface area (Å²) in [6.45, 7) is 1.03. The fraction of sp³-hybridized carbons (Fsp3) is 0.500. The molecule has 1 aromatic rings. The van der Waals surface area contributed by atoms with Crippen molar-refractivity contribution >= 4 is 23.0 Å². The van der Waals surface area contributed by atoms with Crippen molar-refractivity contribution in [2.24, 2.45) is 5.73 Å². The first kappa shape index (κ1) is 13.8. The molecule has 1 rings (SSSR count). The van der Waals surface area contributed by atoms with E-state index in [9.17, 15) is 0 Å². The third-order valence-electron chi connectivity index (χ3n) is 2.11. The Bertz CT molecular complexity index is 375. The lowest BCUT2D eigenvalue weighted by Crippen LogP contribution is -2.28. The molecule has 0 spiro atoms. The second kappa shape index (κ2) is 7.10. The first-order valence-corrected chi connectivity index (χ1v) is 5.46. The third-order valence-corrected chi connectivity index (χ3v) is 2.31. The molecule has 0 saturated heterocycles. The van der Waals surface area contributed by atoms with Crippen LogP contribution in [0.15, 0.2) is 12.4 Å². The molecular weight excluding hydrogens is 240 g/mol. The van der Waals surface area contributed by atoms with E-state index in [-0.39, 0.29) is 11.1 Å². The monoisotopic (exact) mass is 256 g/mol. The molecule has 0 bridgehead atoms. The van der Waals surface area contributed by atoms with Gasteiger partial charge in [-0.3, -0.25) is 0 Å². The average molecular weight is 256 g/mol. The molecule has 0 radical (unpaired) electrons. The number of aromatic nitrogens is 2. The highest BCUT2D eigenvalue weighted by Gasteiger charge is 2.11. The maximum atomic E-state index is 5.55. The molecule has 7 heteroatoms. The highest BCUT2D eigenvalue weighted by Crippen LogP contribution is 2.08. The van der Waals surface area contributed by atoms with E-state index in [0.29, 0.717) is 24.7 Å². The second-order valence-corrected chi connectivity index (χ2v) is 3.75. The molecule has 94 valence electrons. The molecule has 0 saturated carbocycles. The Morgan fingerprint density at radius 1 is 1.47 bits per heavy atom. The van der Waals surface area contributed by atoms with Crippen molar-refractivity contribution in [3.8, 4) is 0 Å². The molecule has 0 aliphatic rings. The number of ether oxygens (including phenoxy) is 2. The number of anilines is 1. The van der Waals surface area contributed by atoms with Crippen molar-refractivity contribution in [3.05, 3.63) is 18.1 Å². The highest BCUT2D eigenvalue weighted by atomic mass is 32.1. The van der Waals surface area contributed by atoms with Crippen LogP contribution in [-0.4, -0.2) is 48.4 Å². The highest BCUT2D eigenvalue weighted by molar-refractivity contribution is 7.80. The zero-order valence-electron chi connectivity index (χ0n) is 9.84. The Kier molecular flexibility index (Phi) is 5.75. The van der Waals surface area contributed by atoms with E-state index in [0.717, 1.165) is 0 Å². The van der Waals surface area contributed by atoms with Crippen LogP contribution >= 0.6 is 12.2 Å². The number of methoxy groups -OCH3 is 2. The molecule has 3 N–H and O–H groups in total. The molecule has 1 aromatic heterocycles. The van der Waals surface area contributed by atoms with Gasteiger partial charge in [0.2, 0.25) is 0 Å². The molecule has 0 fully saturated rings. The summed E-state index contributed by atoms with van der Waals surface area (Å²) >= 11 is 4.89. The van der Waals surface area contributed by atoms with E-state index in [1.807, 2.05) is 0 Å². The van der Waals surface area contributed by atoms with Gasteiger partial charge >= 0.3 is 0 Å². The first-order valence-electron chi connectivity index (χ1n) is 5.05. The number of hydrogen-bond donors (Lipinski definition) is 2. The fourth-order valence-electron chi connectivity index (χ4n) is 1.25. The lowest BCUT2D eigenvalue weighted by molar-refractivity contribution is 0.0365. The standard InChI is InChI=1S/C10H16N4O2S/c1-15-6-7(16-2)5-14-10-8(9(11)17)12-3-4-13-10/h3-4,7H,5-6H2,1-2H3,(H2,11,17)(H,13,14). The summed E-state index contributed by atoms with van der Waals surface area (Å²) in [5.74, 6) is 0.554. The van der Waals surface area contributed by atoms with Crippen LogP contribution in [0.2, 0.25) is 0 Å². The van der Waals surface area contributed by atoms with Crippen molar-refractivity contribution in [3.63, 3.8) is 0 Å². The van der Waals surface area contributed by atoms with Crippen LogP contribution in [0.4, 0.5) is 5.82 Å². The lowest BCUT2D eigenvalue weighted by atomic mass is 10.3. The largest absolute Gasteiger partial charge is 0.388 e. The maximum Gasteiger partial charge on any atom is 0.155 e. The smallest absolute Gasteiger partial charge is 0.155 e. The van der Waals surface area contributed by atoms with Gasteiger partial charge in [-0.2, -0.15) is 0 Å². The predicted octanol–water partition coefficient (Wildman–Crippen LogP) is 0.184. The second-order valence-electron chi connectivity index (χ2n) is 3.31. The third kappa shape index (κ3) is 4.22. The van der Waals surface area contributed by atoms with Crippen LogP contribution < -0.4 is 11.1 Å². The van der Waals surface area contributed by atoms with Crippen molar-refractivity contribution in [2.75, 3.05) is 32.7 Å². The minimum absolute atomic E-state index is 0.0683. The topological polar surface area (TPSA) is 82.3 Å². The average Bonchev–Trinajstić information content (AvgIpc) is 2.34. The summed E-state index contributed by atoms with van der Waals surface area (Å²) < 4.78 is 10.2. The molecule has 1 atom stereocenters. The summed E-state index contributed by atoms with van der Waals surface area (Å²) in [5.41, 5.74) is 6.03. The van der Waals surface area contributed by atoms with Gasteiger partial charge in [-0.25, -0.2) is 9.97 Å². The number of nitrogens with two attached hydrogens (primary N) is 1. The molecule has 1 heterocycles. The van der Waals surface area contributed by atoms with Gasteiger partial charge < -0.3 is 20.5 Å². The molecule has 0 aromatic carbocycles. The molecule has 0 amide bonds. The van der Waals surface area contributed by atoms with E-state index in [1.54, 1.807) is 26.6 Å². The first-order chi connectivity index (χ1) is 8.19. The van der Waals surface area contributed by atoms with Crippen LogP contribution in [0.1, 0.15) is 5.69 Å². The van der Waals surface area contributed by atoms with Crippen molar-refractivity contribution in [2.45, 2.75) is 6.10 Å². The molecule has 6 nitrogen and oxygen atoms in total. The number of nitrogens with zero attached hydrogens (tertiary/aromatic N) is 2. The maximum absolute atomic E-state index is 5.55. The Labute approximate surface area is 106 Å². The number of hydrogen-bond acceptors (Lipinski definition) is 6. The Morgan fingerprint density at radius 3 is 2.76 bits per heavy atom. The van der Waals surface area contributed by atoms with E-state index in [2.05, 4.69) is 15.3 Å². The normalized spacial score (nSPS) is 12.1. The van der Waals surface area contributed by atoms with Crippen molar-refractivity contribution in [1.82, 2.24) is 9.97 Å². The van der Waals surface area contributed by atoms with Gasteiger partial charge in [0, 0.05) is 33.2 Å². The van der Waals surface area contributed by atoms with E-state index >= 15 is 0 Å².